The van der Waals surface area contributed by atoms with Crippen LogP contribution in [0.2, 0.25) is 0 Å². The molecule has 0 aromatic heterocycles. The van der Waals surface area contributed by atoms with Crippen LogP contribution in [0, 0.1) is 34.5 Å². The number of hydrogen-bond donors (Lipinski definition) is 1. The summed E-state index contributed by atoms with van der Waals surface area (Å²) in [5.41, 5.74) is -3.10. The molecule has 32 heavy (non-hydrogen) atoms. The van der Waals surface area contributed by atoms with Gasteiger partial charge < -0.3 is 9.84 Å². The van der Waals surface area contributed by atoms with Crippen molar-refractivity contribution in [2.45, 2.75) is 77.7 Å². The fourth-order valence-electron chi connectivity index (χ4n) is 8.10. The van der Waals surface area contributed by atoms with Crippen LogP contribution in [-0.4, -0.2) is 46.2 Å². The van der Waals surface area contributed by atoms with Crippen molar-refractivity contribution in [1.29, 1.82) is 0 Å². The molecule has 6 heteroatoms. The van der Waals surface area contributed by atoms with E-state index in [1.54, 1.807) is 19.3 Å². The van der Waals surface area contributed by atoms with Crippen molar-refractivity contribution in [3.8, 4) is 0 Å². The summed E-state index contributed by atoms with van der Waals surface area (Å²) in [7, 11) is 1.70. The lowest BCUT2D eigenvalue weighted by Crippen LogP contribution is -2.69. The van der Waals surface area contributed by atoms with Crippen LogP contribution in [0.15, 0.2) is 23.8 Å². The Labute approximate surface area is 195 Å². The smallest absolute Gasteiger partial charge is 0.188 e. The van der Waals surface area contributed by atoms with Crippen molar-refractivity contribution in [3.63, 3.8) is 0 Å². The molecule has 0 saturated heterocycles. The summed E-state index contributed by atoms with van der Waals surface area (Å²) in [6, 6.07) is 0. The maximum absolute atomic E-state index is 17.3. The minimum absolute atomic E-state index is 0.0232. The van der Waals surface area contributed by atoms with Gasteiger partial charge in [-0.25, -0.2) is 4.39 Å². The second kappa shape index (κ2) is 7.78. The molecular weight excluding hydrogens is 427 g/mol. The van der Waals surface area contributed by atoms with E-state index in [0.29, 0.717) is 18.6 Å². The van der Waals surface area contributed by atoms with Gasteiger partial charge >= 0.3 is 0 Å². The Morgan fingerprint density at radius 3 is 2.59 bits per heavy atom. The molecule has 4 aliphatic rings. The largest absolute Gasteiger partial charge is 0.390 e. The molecule has 3 fully saturated rings. The first-order chi connectivity index (χ1) is 14.9. The summed E-state index contributed by atoms with van der Waals surface area (Å²) < 4.78 is 23.6. The van der Waals surface area contributed by atoms with Gasteiger partial charge in [-0.05, 0) is 56.1 Å². The van der Waals surface area contributed by atoms with Crippen molar-refractivity contribution >= 4 is 22.7 Å². The molecule has 0 amide bonds. The number of ether oxygens (including phenoxy) is 1. The van der Waals surface area contributed by atoms with Gasteiger partial charge in [-0.1, -0.05) is 51.1 Å². The third-order valence-corrected chi connectivity index (χ3v) is 11.0. The Bertz CT molecular complexity index is 885. The normalized spacial score (nSPS) is 49.8. The summed E-state index contributed by atoms with van der Waals surface area (Å²) in [5, 5.41) is 11.6. The molecule has 0 aromatic carbocycles. The highest BCUT2D eigenvalue weighted by Crippen LogP contribution is 2.72. The molecule has 0 heterocycles. The van der Waals surface area contributed by atoms with Crippen molar-refractivity contribution in [3.05, 3.63) is 23.8 Å². The number of carbonyl (C=O) groups excluding carboxylic acids is 2. The lowest BCUT2D eigenvalue weighted by Gasteiger charge is -2.64. The molecule has 6 unspecified atom stereocenters. The van der Waals surface area contributed by atoms with Crippen LogP contribution in [0.3, 0.4) is 0 Å². The number of carbonyl (C=O) groups is 2. The third kappa shape index (κ3) is 2.88. The van der Waals surface area contributed by atoms with E-state index in [1.165, 1.54) is 17.8 Å². The predicted molar refractivity (Wildman–Crippen MR) is 125 cm³/mol. The second-order valence-corrected chi connectivity index (χ2v) is 12.1. The van der Waals surface area contributed by atoms with Crippen LogP contribution in [0.1, 0.15) is 60.3 Å². The number of halogens is 1. The van der Waals surface area contributed by atoms with E-state index in [2.05, 4.69) is 20.8 Å². The topological polar surface area (TPSA) is 63.6 Å². The van der Waals surface area contributed by atoms with Crippen molar-refractivity contribution in [1.82, 2.24) is 0 Å². The molecule has 0 aliphatic heterocycles. The number of methoxy groups -OCH3 is 1. The minimum atomic E-state index is -1.84. The maximum Gasteiger partial charge on any atom is 0.188 e. The summed E-state index contributed by atoms with van der Waals surface area (Å²) in [6.45, 7) is 10.1. The Morgan fingerprint density at radius 2 is 1.97 bits per heavy atom. The predicted octanol–water partition coefficient (Wildman–Crippen LogP) is 4.90. The van der Waals surface area contributed by atoms with Crippen LogP contribution in [0.5, 0.6) is 0 Å². The van der Waals surface area contributed by atoms with Crippen molar-refractivity contribution < 1.29 is 23.8 Å². The lowest BCUT2D eigenvalue weighted by atomic mass is 9.43. The van der Waals surface area contributed by atoms with Crippen LogP contribution in [0.25, 0.3) is 0 Å². The standard InChI is InChI=1S/C26H37FO4S/c1-7-22(30)32-14-25(31-6)16(3)11-19-20-10-15(2)18-12-17(28)8-9-23(18,4)26(20,27)21(29)13-24(19,25)5/h8-9,12,15-16,19-21,29H,7,10-11,13-14H2,1-6H3/t15-,16+,19?,20?,21?,23?,24?,25?,26-/m0/s1. The third-order valence-electron chi connectivity index (χ3n) is 9.83. The molecule has 3 saturated carbocycles. The average Bonchev–Trinajstić information content (AvgIpc) is 2.96. The van der Waals surface area contributed by atoms with Gasteiger partial charge in [0.1, 0.15) is 0 Å². The summed E-state index contributed by atoms with van der Waals surface area (Å²) >= 11 is 1.31. The molecule has 9 atom stereocenters. The zero-order valence-electron chi connectivity index (χ0n) is 20.1. The van der Waals surface area contributed by atoms with E-state index in [1.807, 2.05) is 13.8 Å². The van der Waals surface area contributed by atoms with E-state index in [9.17, 15) is 14.7 Å². The number of ketones is 1. The SMILES string of the molecule is CCC(=O)SCC1(OC)[C@H](C)CC2C3C[C@H](C)C4=CC(=O)C=CC4(C)[C@@]3(F)C(O)CC21C. The van der Waals surface area contributed by atoms with E-state index in [0.717, 1.165) is 12.0 Å². The van der Waals surface area contributed by atoms with Gasteiger partial charge in [-0.15, -0.1) is 0 Å². The van der Waals surface area contributed by atoms with E-state index in [4.69, 9.17) is 4.74 Å². The first-order valence-corrected chi connectivity index (χ1v) is 12.9. The van der Waals surface area contributed by atoms with Crippen LogP contribution in [-0.2, 0) is 14.3 Å². The Hall–Kier alpha value is -0.980. The fourth-order valence-corrected chi connectivity index (χ4v) is 9.41. The molecule has 0 radical (unpaired) electrons. The van der Waals surface area contributed by atoms with Crippen LogP contribution in [0.4, 0.5) is 4.39 Å². The number of allylic oxidation sites excluding steroid dienone is 4. The van der Waals surface area contributed by atoms with E-state index >= 15 is 4.39 Å². The van der Waals surface area contributed by atoms with Gasteiger partial charge in [0.2, 0.25) is 0 Å². The van der Waals surface area contributed by atoms with Gasteiger partial charge in [-0.2, -0.15) is 0 Å². The van der Waals surface area contributed by atoms with Crippen LogP contribution >= 0.6 is 11.8 Å². The number of thioether (sulfide) groups is 1. The van der Waals surface area contributed by atoms with Gasteiger partial charge in [-0.3, -0.25) is 9.59 Å². The zero-order chi connectivity index (χ0) is 23.7. The van der Waals surface area contributed by atoms with Crippen molar-refractivity contribution in [2.24, 2.45) is 34.5 Å². The molecule has 178 valence electrons. The number of aliphatic hydroxyl groups is 1. The number of fused-ring (bicyclic) bond motifs is 5. The zero-order valence-corrected chi connectivity index (χ0v) is 20.9. The van der Waals surface area contributed by atoms with Gasteiger partial charge in [0.15, 0.2) is 16.6 Å². The molecule has 4 nitrogen and oxygen atoms in total. The first-order valence-electron chi connectivity index (χ1n) is 11.9. The van der Waals surface area contributed by atoms with Crippen LogP contribution < -0.4 is 0 Å². The quantitative estimate of drug-likeness (QED) is 0.641. The fraction of sp³-hybridized carbons (Fsp3) is 0.769. The minimum Gasteiger partial charge on any atom is -0.390 e. The number of aliphatic hydroxyl groups excluding tert-OH is 1. The number of alkyl halides is 1. The maximum atomic E-state index is 17.3. The molecular formula is C26H37FO4S. The summed E-state index contributed by atoms with van der Waals surface area (Å²) in [5.74, 6) is 0.286. The van der Waals surface area contributed by atoms with Gasteiger partial charge in [0.25, 0.3) is 0 Å². The Kier molecular flexibility index (Phi) is 5.87. The Balaban J connectivity index is 1.79. The molecule has 0 aromatic rings. The molecule has 0 bridgehead atoms. The number of rotatable bonds is 4. The van der Waals surface area contributed by atoms with Crippen molar-refractivity contribution in [2.75, 3.05) is 12.9 Å². The molecule has 4 aliphatic carbocycles. The first kappa shape index (κ1) is 24.2. The highest BCUT2D eigenvalue weighted by atomic mass is 32.2. The molecule has 4 rings (SSSR count). The average molecular weight is 465 g/mol. The highest BCUT2D eigenvalue weighted by molar-refractivity contribution is 8.13. The second-order valence-electron chi connectivity index (χ2n) is 11.0. The summed E-state index contributed by atoms with van der Waals surface area (Å²) in [4.78, 5) is 24.3. The molecule has 1 N–H and O–H groups in total. The van der Waals surface area contributed by atoms with E-state index < -0.39 is 28.2 Å². The number of hydrogen-bond acceptors (Lipinski definition) is 5. The van der Waals surface area contributed by atoms with Gasteiger partial charge in [0, 0.05) is 36.0 Å². The lowest BCUT2D eigenvalue weighted by molar-refractivity contribution is -0.224. The Morgan fingerprint density at radius 1 is 1.28 bits per heavy atom. The monoisotopic (exact) mass is 464 g/mol. The van der Waals surface area contributed by atoms with E-state index in [-0.39, 0.29) is 41.0 Å². The summed E-state index contributed by atoms with van der Waals surface area (Å²) in [6.07, 6.45) is 5.73. The molecule has 0 spiro atoms. The highest BCUT2D eigenvalue weighted by Gasteiger charge is 2.75. The van der Waals surface area contributed by atoms with Gasteiger partial charge in [0.05, 0.1) is 11.7 Å².